The van der Waals surface area contributed by atoms with Crippen molar-refractivity contribution in [3.8, 4) is 0 Å². The molecule has 0 bridgehead atoms. The second kappa shape index (κ2) is 9.27. The van der Waals surface area contributed by atoms with E-state index in [1.807, 2.05) is 9.80 Å². The van der Waals surface area contributed by atoms with Crippen LogP contribution in [0.15, 0.2) is 0 Å². The molecular weight excluding hydrogens is 421 g/mol. The zero-order valence-corrected chi connectivity index (χ0v) is 16.0. The third kappa shape index (κ3) is 6.43. The number of piperazine rings is 1. The molecule has 0 aromatic rings. The van der Waals surface area contributed by atoms with E-state index in [0.29, 0.717) is 26.2 Å². The fourth-order valence-corrected chi connectivity index (χ4v) is 3.62. The van der Waals surface area contributed by atoms with E-state index in [2.05, 4.69) is 10.6 Å². The lowest BCUT2D eigenvalue weighted by Gasteiger charge is -2.45. The van der Waals surface area contributed by atoms with E-state index < -0.39 is 19.9 Å². The summed E-state index contributed by atoms with van der Waals surface area (Å²) in [5.74, 6) is 0. The molecule has 6 nitrogen and oxygen atoms in total. The molecule has 0 saturated carbocycles. The molecule has 22 heavy (non-hydrogen) atoms. The first-order valence-corrected chi connectivity index (χ1v) is 8.68. The molecule has 1 fully saturated rings. The van der Waals surface area contributed by atoms with Crippen LogP contribution >= 0.6 is 69.6 Å². The lowest BCUT2D eigenvalue weighted by molar-refractivity contribution is 0.0337. The molecule has 0 aromatic heterocycles. The van der Waals surface area contributed by atoms with Gasteiger partial charge in [-0.2, -0.15) is 0 Å². The lowest BCUT2D eigenvalue weighted by Crippen LogP contribution is -2.64. The highest BCUT2D eigenvalue weighted by Crippen LogP contribution is 2.35. The minimum atomic E-state index is -1.59. The smallest absolute Gasteiger partial charge is 0.218 e. The maximum absolute atomic E-state index is 9.03. The largest absolute Gasteiger partial charge is 0.381 e. The molecule has 1 heterocycles. The van der Waals surface area contributed by atoms with Gasteiger partial charge in [-0.1, -0.05) is 69.6 Å². The molecule has 4 N–H and O–H groups in total. The molecule has 12 heteroatoms. The quantitative estimate of drug-likeness (QED) is 0.367. The minimum Gasteiger partial charge on any atom is -0.381 e. The molecule has 1 aliphatic rings. The van der Waals surface area contributed by atoms with Gasteiger partial charge < -0.3 is 10.2 Å². The van der Waals surface area contributed by atoms with Crippen molar-refractivity contribution in [2.45, 2.75) is 19.9 Å². The van der Waals surface area contributed by atoms with E-state index in [4.69, 9.17) is 79.8 Å². The number of halogens is 6. The summed E-state index contributed by atoms with van der Waals surface area (Å²) in [5.41, 5.74) is 0. The van der Waals surface area contributed by atoms with Gasteiger partial charge >= 0.3 is 0 Å². The summed E-state index contributed by atoms with van der Waals surface area (Å²) in [7, 11) is 0. The van der Waals surface area contributed by atoms with Crippen LogP contribution in [-0.4, -0.2) is 79.6 Å². The van der Waals surface area contributed by atoms with Crippen molar-refractivity contribution < 1.29 is 10.2 Å². The average Bonchev–Trinajstić information content (AvgIpc) is 2.40. The Kier molecular flexibility index (Phi) is 9.07. The SMILES string of the molecule is OCNC(N1CCN(C(NCO)C(Cl)(Cl)Cl)CC1)C(Cl)(Cl)Cl. The Hall–Kier alpha value is 1.50. The van der Waals surface area contributed by atoms with Crippen LogP contribution in [0.1, 0.15) is 0 Å². The normalized spacial score (nSPS) is 21.8. The standard InChI is InChI=1S/C10H18Cl6N4O2/c11-9(12,13)7(17-5-21)19-1-2-20(4-3-19)8(18-6-22)10(14,15)16/h7-8,17-18,21-22H,1-6H2. The molecule has 0 aliphatic carbocycles. The summed E-state index contributed by atoms with van der Waals surface area (Å²) < 4.78 is -3.19. The lowest BCUT2D eigenvalue weighted by atomic mass is 10.2. The van der Waals surface area contributed by atoms with Crippen molar-refractivity contribution in [1.29, 1.82) is 0 Å². The molecule has 0 aromatic carbocycles. The summed E-state index contributed by atoms with van der Waals surface area (Å²) in [4.78, 5) is 3.77. The molecule has 0 amide bonds. The average molecular weight is 439 g/mol. The predicted octanol–water partition coefficient (Wildman–Crippen LogP) is 1.08. The molecule has 1 aliphatic heterocycles. The van der Waals surface area contributed by atoms with Crippen molar-refractivity contribution in [2.24, 2.45) is 0 Å². The van der Waals surface area contributed by atoms with Crippen LogP contribution in [0.25, 0.3) is 0 Å². The van der Waals surface area contributed by atoms with Gasteiger partial charge in [0.25, 0.3) is 0 Å². The monoisotopic (exact) mass is 436 g/mol. The Balaban J connectivity index is 2.68. The van der Waals surface area contributed by atoms with E-state index in [9.17, 15) is 0 Å². The third-order valence-electron chi connectivity index (χ3n) is 3.27. The molecule has 0 radical (unpaired) electrons. The van der Waals surface area contributed by atoms with E-state index in [0.717, 1.165) is 0 Å². The van der Waals surface area contributed by atoms with Gasteiger partial charge in [-0.25, -0.2) is 0 Å². The highest BCUT2D eigenvalue weighted by Gasteiger charge is 2.42. The number of alkyl halides is 6. The Bertz CT molecular complexity index is 300. The third-order valence-corrected chi connectivity index (χ3v) is 4.51. The van der Waals surface area contributed by atoms with Crippen LogP contribution in [0.4, 0.5) is 0 Å². The van der Waals surface area contributed by atoms with Gasteiger partial charge in [-0.05, 0) is 0 Å². The highest BCUT2D eigenvalue weighted by molar-refractivity contribution is 6.68. The van der Waals surface area contributed by atoms with Gasteiger partial charge in [0.2, 0.25) is 7.59 Å². The van der Waals surface area contributed by atoms with Gasteiger partial charge in [0.05, 0.1) is 13.5 Å². The second-order valence-corrected chi connectivity index (χ2v) is 9.42. The summed E-state index contributed by atoms with van der Waals surface area (Å²) >= 11 is 35.6. The Morgan fingerprint density at radius 3 is 1.18 bits per heavy atom. The van der Waals surface area contributed by atoms with E-state index >= 15 is 0 Å². The van der Waals surface area contributed by atoms with Crippen molar-refractivity contribution in [3.05, 3.63) is 0 Å². The number of hydrogen-bond donors (Lipinski definition) is 4. The van der Waals surface area contributed by atoms with Gasteiger partial charge in [-0.15, -0.1) is 0 Å². The molecule has 0 spiro atoms. The number of rotatable bonds is 6. The number of nitrogens with zero attached hydrogens (tertiary/aromatic N) is 2. The van der Waals surface area contributed by atoms with Crippen molar-refractivity contribution >= 4 is 69.6 Å². The Labute approximate surface area is 159 Å². The summed E-state index contributed by atoms with van der Waals surface area (Å²) in [6.07, 6.45) is -1.27. The summed E-state index contributed by atoms with van der Waals surface area (Å²) in [6, 6.07) is 0. The summed E-state index contributed by atoms with van der Waals surface area (Å²) in [5, 5.41) is 23.5. The van der Waals surface area contributed by atoms with Crippen molar-refractivity contribution in [1.82, 2.24) is 20.4 Å². The topological polar surface area (TPSA) is 71.0 Å². The van der Waals surface area contributed by atoms with Gasteiger partial charge in [0.15, 0.2) is 0 Å². The Morgan fingerprint density at radius 2 is 1.00 bits per heavy atom. The van der Waals surface area contributed by atoms with Crippen LogP contribution in [0.5, 0.6) is 0 Å². The predicted molar refractivity (Wildman–Crippen MR) is 91.7 cm³/mol. The molecular formula is C10H18Cl6N4O2. The fraction of sp³-hybridized carbons (Fsp3) is 1.00. The van der Waals surface area contributed by atoms with Crippen molar-refractivity contribution in [2.75, 3.05) is 39.6 Å². The van der Waals surface area contributed by atoms with Crippen LogP contribution in [-0.2, 0) is 0 Å². The van der Waals surface area contributed by atoms with Crippen LogP contribution < -0.4 is 10.6 Å². The maximum atomic E-state index is 9.03. The number of aliphatic hydroxyl groups is 2. The van der Waals surface area contributed by atoms with Crippen molar-refractivity contribution in [3.63, 3.8) is 0 Å². The molecule has 1 saturated heterocycles. The van der Waals surface area contributed by atoms with Crippen LogP contribution in [0, 0.1) is 0 Å². The van der Waals surface area contributed by atoms with Gasteiger partial charge in [0, 0.05) is 26.2 Å². The second-order valence-electron chi connectivity index (χ2n) is 4.68. The zero-order chi connectivity index (χ0) is 17.0. The van der Waals surface area contributed by atoms with Gasteiger partial charge in [-0.3, -0.25) is 20.4 Å². The van der Waals surface area contributed by atoms with E-state index in [1.54, 1.807) is 0 Å². The zero-order valence-electron chi connectivity index (χ0n) is 11.5. The maximum Gasteiger partial charge on any atom is 0.218 e. The van der Waals surface area contributed by atoms with Crippen LogP contribution in [0.2, 0.25) is 0 Å². The molecule has 2 atom stereocenters. The first kappa shape index (κ1) is 21.5. The molecule has 2 unspecified atom stereocenters. The molecule has 132 valence electrons. The number of hydrogen-bond acceptors (Lipinski definition) is 6. The molecule has 1 rings (SSSR count). The fourth-order valence-electron chi connectivity index (χ4n) is 2.33. The summed E-state index contributed by atoms with van der Waals surface area (Å²) in [6.45, 7) is 1.46. The highest BCUT2D eigenvalue weighted by atomic mass is 35.6. The van der Waals surface area contributed by atoms with Gasteiger partial charge in [0.1, 0.15) is 12.3 Å². The number of aliphatic hydroxyl groups excluding tert-OH is 2. The Morgan fingerprint density at radius 1 is 0.727 bits per heavy atom. The van der Waals surface area contributed by atoms with E-state index in [-0.39, 0.29) is 13.5 Å². The first-order valence-electron chi connectivity index (χ1n) is 6.41. The number of nitrogens with one attached hydrogen (secondary N) is 2. The van der Waals surface area contributed by atoms with E-state index in [1.165, 1.54) is 0 Å². The first-order chi connectivity index (χ1) is 10.1. The minimum absolute atomic E-state index is 0.318. The van der Waals surface area contributed by atoms with Crippen LogP contribution in [0.3, 0.4) is 0 Å².